The number of fused-ring (bicyclic) bond motifs is 1. The smallest absolute Gasteiger partial charge is 0.0930 e. The van der Waals surface area contributed by atoms with Gasteiger partial charge in [-0.3, -0.25) is 0 Å². The van der Waals surface area contributed by atoms with E-state index in [2.05, 4.69) is 45.9 Å². The average molecular weight is 263 g/mol. The number of allylic oxidation sites excluding steroid dienone is 1. The van der Waals surface area contributed by atoms with E-state index >= 15 is 0 Å². The number of hydrogen-bond acceptors (Lipinski definition) is 3. The van der Waals surface area contributed by atoms with Gasteiger partial charge in [-0.1, -0.05) is 36.4 Å². The van der Waals surface area contributed by atoms with Crippen molar-refractivity contribution in [3.05, 3.63) is 54.2 Å². The summed E-state index contributed by atoms with van der Waals surface area (Å²) < 4.78 is 0. The van der Waals surface area contributed by atoms with E-state index in [4.69, 9.17) is 0 Å². The maximum Gasteiger partial charge on any atom is 0.0930 e. The zero-order valence-electron chi connectivity index (χ0n) is 11.3. The Morgan fingerprint density at radius 3 is 2.45 bits per heavy atom. The van der Waals surface area contributed by atoms with Crippen LogP contribution in [0.1, 0.15) is 12.1 Å². The molecular formula is C17H17N3. The molecule has 4 rings (SSSR count). The fourth-order valence-corrected chi connectivity index (χ4v) is 3.24. The Balaban J connectivity index is 1.59. The van der Waals surface area contributed by atoms with Crippen molar-refractivity contribution in [2.45, 2.75) is 6.42 Å². The van der Waals surface area contributed by atoms with Crippen molar-refractivity contribution in [3.8, 4) is 11.3 Å². The van der Waals surface area contributed by atoms with Gasteiger partial charge in [0.25, 0.3) is 0 Å². The first kappa shape index (κ1) is 11.8. The van der Waals surface area contributed by atoms with Gasteiger partial charge in [-0.25, -0.2) is 0 Å². The monoisotopic (exact) mass is 263 g/mol. The van der Waals surface area contributed by atoms with Crippen LogP contribution in [0.4, 0.5) is 0 Å². The first-order chi connectivity index (χ1) is 9.90. The second kappa shape index (κ2) is 4.84. The molecule has 3 heteroatoms. The maximum atomic E-state index is 4.43. The van der Waals surface area contributed by atoms with Crippen LogP contribution in [0.15, 0.2) is 48.5 Å². The summed E-state index contributed by atoms with van der Waals surface area (Å²) in [5.41, 5.74) is 4.47. The molecule has 100 valence electrons. The zero-order chi connectivity index (χ0) is 13.4. The first-order valence-electron chi connectivity index (χ1n) is 7.21. The standard InChI is InChI=1S/C17H17N3/c1-2-4-12(5-3-1)16-6-7-17(20-19-16)13-8-14-10-18-11-15(14)9-13/h1-8,14-15,18H,9-11H2. The van der Waals surface area contributed by atoms with Crippen LogP contribution in [0.3, 0.4) is 0 Å². The zero-order valence-corrected chi connectivity index (χ0v) is 11.3. The summed E-state index contributed by atoms with van der Waals surface area (Å²) in [5.74, 6) is 1.46. The van der Waals surface area contributed by atoms with Gasteiger partial charge in [-0.15, -0.1) is 5.10 Å². The molecule has 0 spiro atoms. The van der Waals surface area contributed by atoms with Crippen molar-refractivity contribution in [2.24, 2.45) is 11.8 Å². The molecule has 2 aromatic rings. The Morgan fingerprint density at radius 1 is 0.900 bits per heavy atom. The Morgan fingerprint density at radius 2 is 1.70 bits per heavy atom. The van der Waals surface area contributed by atoms with Gasteiger partial charge >= 0.3 is 0 Å². The van der Waals surface area contributed by atoms with Gasteiger partial charge in [0.15, 0.2) is 0 Å². The third-order valence-electron chi connectivity index (χ3n) is 4.35. The second-order valence-electron chi connectivity index (χ2n) is 5.65. The minimum Gasteiger partial charge on any atom is -0.316 e. The Labute approximate surface area is 118 Å². The minimum atomic E-state index is 0.695. The van der Waals surface area contributed by atoms with Gasteiger partial charge in [0.1, 0.15) is 0 Å². The van der Waals surface area contributed by atoms with Crippen LogP contribution >= 0.6 is 0 Å². The van der Waals surface area contributed by atoms with E-state index in [1.54, 1.807) is 0 Å². The Bertz CT molecular complexity index is 631. The van der Waals surface area contributed by atoms with Crippen LogP contribution in [0, 0.1) is 11.8 Å². The van der Waals surface area contributed by atoms with Gasteiger partial charge in [0.05, 0.1) is 11.4 Å². The van der Waals surface area contributed by atoms with Gasteiger partial charge < -0.3 is 5.32 Å². The van der Waals surface area contributed by atoms with Crippen molar-refractivity contribution in [1.82, 2.24) is 15.5 Å². The number of benzene rings is 1. The van der Waals surface area contributed by atoms with E-state index in [0.717, 1.165) is 42.4 Å². The molecule has 3 nitrogen and oxygen atoms in total. The van der Waals surface area contributed by atoms with Gasteiger partial charge in [0, 0.05) is 12.1 Å². The molecule has 1 saturated heterocycles. The van der Waals surface area contributed by atoms with Crippen LogP contribution < -0.4 is 5.32 Å². The molecule has 2 heterocycles. The predicted octanol–water partition coefficient (Wildman–Crippen LogP) is 2.77. The molecule has 0 bridgehead atoms. The molecule has 1 N–H and O–H groups in total. The summed E-state index contributed by atoms with van der Waals surface area (Å²) in [5, 5.41) is 12.3. The van der Waals surface area contributed by atoms with Crippen molar-refractivity contribution >= 4 is 5.57 Å². The molecule has 1 aliphatic carbocycles. The van der Waals surface area contributed by atoms with Gasteiger partial charge in [-0.2, -0.15) is 5.10 Å². The fraction of sp³-hybridized carbons (Fsp3) is 0.294. The first-order valence-corrected chi connectivity index (χ1v) is 7.21. The third kappa shape index (κ3) is 2.04. The summed E-state index contributed by atoms with van der Waals surface area (Å²) in [4.78, 5) is 0. The van der Waals surface area contributed by atoms with Crippen molar-refractivity contribution < 1.29 is 0 Å². The van der Waals surface area contributed by atoms with Gasteiger partial charge in [-0.05, 0) is 42.5 Å². The summed E-state index contributed by atoms with van der Waals surface area (Å²) in [6.45, 7) is 2.25. The predicted molar refractivity (Wildman–Crippen MR) is 79.9 cm³/mol. The average Bonchev–Trinajstić information content (AvgIpc) is 3.10. The van der Waals surface area contributed by atoms with Crippen molar-refractivity contribution in [2.75, 3.05) is 13.1 Å². The number of rotatable bonds is 2. The van der Waals surface area contributed by atoms with E-state index in [1.165, 1.54) is 5.57 Å². The third-order valence-corrected chi connectivity index (χ3v) is 4.35. The second-order valence-corrected chi connectivity index (χ2v) is 5.65. The Kier molecular flexibility index (Phi) is 2.85. The number of hydrogen-bond donors (Lipinski definition) is 1. The molecule has 1 aromatic carbocycles. The fourth-order valence-electron chi connectivity index (χ4n) is 3.24. The summed E-state index contributed by atoms with van der Waals surface area (Å²) in [6.07, 6.45) is 3.52. The number of nitrogens with zero attached hydrogens (tertiary/aromatic N) is 2. The van der Waals surface area contributed by atoms with Crippen molar-refractivity contribution in [1.29, 1.82) is 0 Å². The normalized spacial score (nSPS) is 24.5. The molecule has 1 fully saturated rings. The maximum absolute atomic E-state index is 4.43. The lowest BCUT2D eigenvalue weighted by Gasteiger charge is -2.06. The van der Waals surface area contributed by atoms with Crippen molar-refractivity contribution in [3.63, 3.8) is 0 Å². The quantitative estimate of drug-likeness (QED) is 0.905. The van der Waals surface area contributed by atoms with Crippen LogP contribution in [0.2, 0.25) is 0 Å². The lowest BCUT2D eigenvalue weighted by Crippen LogP contribution is -2.09. The highest BCUT2D eigenvalue weighted by atomic mass is 15.1. The van der Waals surface area contributed by atoms with E-state index < -0.39 is 0 Å². The highest BCUT2D eigenvalue weighted by Crippen LogP contribution is 2.37. The van der Waals surface area contributed by atoms with E-state index in [9.17, 15) is 0 Å². The summed E-state index contributed by atoms with van der Waals surface area (Å²) >= 11 is 0. The van der Waals surface area contributed by atoms with E-state index in [0.29, 0.717) is 5.92 Å². The minimum absolute atomic E-state index is 0.695. The van der Waals surface area contributed by atoms with Crippen LogP contribution in [0.25, 0.3) is 16.8 Å². The van der Waals surface area contributed by atoms with Gasteiger partial charge in [0.2, 0.25) is 0 Å². The van der Waals surface area contributed by atoms with Crippen LogP contribution in [0.5, 0.6) is 0 Å². The summed E-state index contributed by atoms with van der Waals surface area (Å²) in [7, 11) is 0. The topological polar surface area (TPSA) is 37.8 Å². The lowest BCUT2D eigenvalue weighted by molar-refractivity contribution is 0.536. The molecule has 2 aliphatic rings. The number of aromatic nitrogens is 2. The largest absolute Gasteiger partial charge is 0.316 e. The summed E-state index contributed by atoms with van der Waals surface area (Å²) in [6, 6.07) is 14.4. The SMILES string of the molecule is C1=C(c2ccc(-c3ccccc3)nn2)CC2CNCC12. The lowest BCUT2D eigenvalue weighted by atomic mass is 9.99. The van der Waals surface area contributed by atoms with Crippen LogP contribution in [-0.4, -0.2) is 23.3 Å². The molecule has 0 saturated carbocycles. The molecule has 20 heavy (non-hydrogen) atoms. The molecule has 0 amide bonds. The molecule has 2 unspecified atom stereocenters. The molecule has 0 radical (unpaired) electrons. The highest BCUT2D eigenvalue weighted by Gasteiger charge is 2.32. The molecular weight excluding hydrogens is 246 g/mol. The molecule has 1 aliphatic heterocycles. The van der Waals surface area contributed by atoms with Crippen LogP contribution in [-0.2, 0) is 0 Å². The van der Waals surface area contributed by atoms with E-state index in [-0.39, 0.29) is 0 Å². The molecule has 1 aromatic heterocycles. The van der Waals surface area contributed by atoms with E-state index in [1.807, 2.05) is 18.2 Å². The Hall–Kier alpha value is -2.00. The molecule has 2 atom stereocenters. The highest BCUT2D eigenvalue weighted by molar-refractivity contribution is 5.67. The number of nitrogens with one attached hydrogen (secondary N) is 1.